The standard InChI is InChI=1S/C25H27N5O3/c1-14-18-6-7-30(25(18)27-13-26-14)20-10-22(24(32)23(20)31)33-21-9-16(17-11-28-29-12-17)8-15-4-2-3-5-19(15)21/h6-9,11-13,20,22-24,31-32H,2-5,10H2,1H3,(H,28,29). The average molecular weight is 446 g/mol. The second kappa shape index (κ2) is 7.97. The largest absolute Gasteiger partial charge is 0.487 e. The van der Waals surface area contributed by atoms with E-state index in [4.69, 9.17) is 4.74 Å². The van der Waals surface area contributed by atoms with E-state index >= 15 is 0 Å². The smallest absolute Gasteiger partial charge is 0.143 e. The van der Waals surface area contributed by atoms with E-state index in [9.17, 15) is 10.2 Å². The molecule has 2 aliphatic carbocycles. The molecule has 1 aromatic carbocycles. The first-order valence-corrected chi connectivity index (χ1v) is 11.6. The van der Waals surface area contributed by atoms with Crippen molar-refractivity contribution in [2.24, 2.45) is 0 Å². The maximum Gasteiger partial charge on any atom is 0.143 e. The highest BCUT2D eigenvalue weighted by molar-refractivity contribution is 5.78. The number of H-pyrrole nitrogens is 1. The lowest BCUT2D eigenvalue weighted by Gasteiger charge is -2.25. The van der Waals surface area contributed by atoms with Gasteiger partial charge in [-0.3, -0.25) is 5.10 Å². The van der Waals surface area contributed by atoms with E-state index in [1.165, 1.54) is 17.5 Å². The van der Waals surface area contributed by atoms with Crippen LogP contribution in [0.3, 0.4) is 0 Å². The number of nitrogens with zero attached hydrogens (tertiary/aromatic N) is 4. The molecule has 3 aromatic heterocycles. The molecule has 1 fully saturated rings. The van der Waals surface area contributed by atoms with Crippen molar-refractivity contribution in [1.29, 1.82) is 0 Å². The van der Waals surface area contributed by atoms with Crippen LogP contribution in [0.4, 0.5) is 0 Å². The molecule has 0 saturated heterocycles. The van der Waals surface area contributed by atoms with Crippen LogP contribution in [-0.2, 0) is 12.8 Å². The average Bonchev–Trinajstić information content (AvgIpc) is 3.56. The van der Waals surface area contributed by atoms with Crippen LogP contribution in [0.1, 0.15) is 42.1 Å². The zero-order valence-corrected chi connectivity index (χ0v) is 18.5. The molecule has 1 saturated carbocycles. The Morgan fingerprint density at radius 2 is 1.97 bits per heavy atom. The summed E-state index contributed by atoms with van der Waals surface area (Å²) in [5.41, 5.74) is 6.22. The van der Waals surface area contributed by atoms with Crippen LogP contribution in [0.5, 0.6) is 5.75 Å². The number of rotatable bonds is 4. The number of aromatic amines is 1. The first kappa shape index (κ1) is 20.4. The molecule has 8 nitrogen and oxygen atoms in total. The summed E-state index contributed by atoms with van der Waals surface area (Å²) >= 11 is 0. The summed E-state index contributed by atoms with van der Waals surface area (Å²) in [4.78, 5) is 8.68. The van der Waals surface area contributed by atoms with Crippen molar-refractivity contribution in [1.82, 2.24) is 24.7 Å². The SMILES string of the molecule is Cc1ncnc2c1ccn2C1CC(Oc2cc(-c3cn[nH]c3)cc3c2CCCC3)C(O)C1O. The van der Waals surface area contributed by atoms with E-state index in [0.717, 1.165) is 59.3 Å². The molecule has 4 unspecified atom stereocenters. The summed E-state index contributed by atoms with van der Waals surface area (Å²) < 4.78 is 8.42. The van der Waals surface area contributed by atoms with E-state index in [-0.39, 0.29) is 6.04 Å². The van der Waals surface area contributed by atoms with Crippen LogP contribution in [0.2, 0.25) is 0 Å². The molecule has 4 atom stereocenters. The fraction of sp³-hybridized carbons (Fsp3) is 0.400. The van der Waals surface area contributed by atoms with Crippen molar-refractivity contribution in [3.63, 3.8) is 0 Å². The number of nitrogens with one attached hydrogen (secondary N) is 1. The topological polar surface area (TPSA) is 109 Å². The van der Waals surface area contributed by atoms with Gasteiger partial charge in [-0.2, -0.15) is 5.10 Å². The molecule has 8 heteroatoms. The van der Waals surface area contributed by atoms with Crippen molar-refractivity contribution in [2.45, 2.75) is 63.4 Å². The molecule has 3 N–H and O–H groups in total. The number of aryl methyl sites for hydroxylation is 2. The van der Waals surface area contributed by atoms with Gasteiger partial charge in [0.2, 0.25) is 0 Å². The molecule has 0 spiro atoms. The predicted octanol–water partition coefficient (Wildman–Crippen LogP) is 3.12. The lowest BCUT2D eigenvalue weighted by Crippen LogP contribution is -2.34. The minimum atomic E-state index is -0.993. The summed E-state index contributed by atoms with van der Waals surface area (Å²) in [6, 6.07) is 5.90. The first-order valence-electron chi connectivity index (χ1n) is 11.6. The van der Waals surface area contributed by atoms with Gasteiger partial charge < -0.3 is 19.5 Å². The Hall–Kier alpha value is -3.23. The van der Waals surface area contributed by atoms with Crippen LogP contribution in [0.15, 0.2) is 43.1 Å². The highest BCUT2D eigenvalue weighted by atomic mass is 16.5. The zero-order chi connectivity index (χ0) is 22.5. The quantitative estimate of drug-likeness (QED) is 0.445. The third-order valence-electron chi connectivity index (χ3n) is 7.20. The molecule has 3 heterocycles. The normalized spacial score (nSPS) is 24.8. The van der Waals surface area contributed by atoms with Crippen LogP contribution < -0.4 is 4.74 Å². The van der Waals surface area contributed by atoms with Gasteiger partial charge in [0.25, 0.3) is 0 Å². The molecular weight excluding hydrogens is 418 g/mol. The van der Waals surface area contributed by atoms with Gasteiger partial charge in [-0.05, 0) is 61.4 Å². The van der Waals surface area contributed by atoms with Crippen molar-refractivity contribution in [3.8, 4) is 16.9 Å². The molecule has 0 bridgehead atoms. The van der Waals surface area contributed by atoms with E-state index in [1.807, 2.05) is 36.0 Å². The number of hydrogen-bond donors (Lipinski definition) is 3. The molecule has 170 valence electrons. The number of hydrogen-bond acceptors (Lipinski definition) is 6. The summed E-state index contributed by atoms with van der Waals surface area (Å²) in [5, 5.41) is 29.8. The summed E-state index contributed by atoms with van der Waals surface area (Å²) in [7, 11) is 0. The fourth-order valence-corrected chi connectivity index (χ4v) is 5.40. The van der Waals surface area contributed by atoms with Gasteiger partial charge in [0, 0.05) is 29.8 Å². The van der Waals surface area contributed by atoms with Crippen molar-refractivity contribution < 1.29 is 14.9 Å². The Labute approximate surface area is 191 Å². The molecule has 2 aliphatic rings. The van der Waals surface area contributed by atoms with Crippen molar-refractivity contribution in [2.75, 3.05) is 0 Å². The highest BCUT2D eigenvalue weighted by Crippen LogP contribution is 2.40. The van der Waals surface area contributed by atoms with E-state index in [1.54, 1.807) is 6.20 Å². The molecule has 4 aromatic rings. The second-order valence-electron chi connectivity index (χ2n) is 9.17. The minimum absolute atomic E-state index is 0.329. The Morgan fingerprint density at radius 1 is 1.09 bits per heavy atom. The van der Waals surface area contributed by atoms with Gasteiger partial charge >= 0.3 is 0 Å². The first-order chi connectivity index (χ1) is 16.1. The lowest BCUT2D eigenvalue weighted by molar-refractivity contribution is -0.0166. The van der Waals surface area contributed by atoms with Crippen molar-refractivity contribution >= 4 is 11.0 Å². The molecular formula is C25H27N5O3. The number of aliphatic hydroxyl groups is 2. The number of fused-ring (bicyclic) bond motifs is 2. The van der Waals surface area contributed by atoms with Gasteiger partial charge in [0.05, 0.1) is 17.9 Å². The molecule has 0 radical (unpaired) electrons. The van der Waals surface area contributed by atoms with E-state index in [2.05, 4.69) is 26.2 Å². The van der Waals surface area contributed by atoms with Gasteiger partial charge in [-0.15, -0.1) is 0 Å². The molecule has 0 amide bonds. The van der Waals surface area contributed by atoms with Crippen LogP contribution in [-0.4, -0.2) is 53.3 Å². The minimum Gasteiger partial charge on any atom is -0.487 e. The van der Waals surface area contributed by atoms with Crippen LogP contribution in [0, 0.1) is 6.92 Å². The molecule has 6 rings (SSSR count). The number of aliphatic hydroxyl groups excluding tert-OH is 2. The Kier molecular flexibility index (Phi) is 4.92. The van der Waals surface area contributed by atoms with Crippen molar-refractivity contribution in [3.05, 3.63) is 59.9 Å². The van der Waals surface area contributed by atoms with E-state index < -0.39 is 18.3 Å². The number of benzene rings is 1. The van der Waals surface area contributed by atoms with Gasteiger partial charge in [-0.1, -0.05) is 6.07 Å². The predicted molar refractivity (Wildman–Crippen MR) is 123 cm³/mol. The summed E-state index contributed by atoms with van der Waals surface area (Å²) in [6.07, 6.45) is 9.42. The van der Waals surface area contributed by atoms with Crippen LogP contribution >= 0.6 is 0 Å². The Morgan fingerprint density at radius 3 is 2.82 bits per heavy atom. The number of aromatic nitrogens is 5. The Bertz CT molecular complexity index is 1300. The molecule has 0 aliphatic heterocycles. The summed E-state index contributed by atoms with van der Waals surface area (Å²) in [5.74, 6) is 0.802. The second-order valence-corrected chi connectivity index (χ2v) is 9.17. The fourth-order valence-electron chi connectivity index (χ4n) is 5.40. The Balaban J connectivity index is 1.33. The third-order valence-corrected chi connectivity index (χ3v) is 7.20. The maximum atomic E-state index is 10.9. The zero-order valence-electron chi connectivity index (χ0n) is 18.5. The van der Waals surface area contributed by atoms with Gasteiger partial charge in [0.1, 0.15) is 36.0 Å². The molecule has 33 heavy (non-hydrogen) atoms. The lowest BCUT2D eigenvalue weighted by atomic mass is 9.88. The maximum absolute atomic E-state index is 10.9. The third kappa shape index (κ3) is 3.41. The monoisotopic (exact) mass is 445 g/mol. The number of ether oxygens (including phenoxy) is 1. The van der Waals surface area contributed by atoms with E-state index in [0.29, 0.717) is 6.42 Å². The van der Waals surface area contributed by atoms with Gasteiger partial charge in [-0.25, -0.2) is 9.97 Å². The highest BCUT2D eigenvalue weighted by Gasteiger charge is 2.44. The van der Waals surface area contributed by atoms with Gasteiger partial charge in [0.15, 0.2) is 0 Å². The van der Waals surface area contributed by atoms with Crippen LogP contribution in [0.25, 0.3) is 22.2 Å². The summed E-state index contributed by atoms with van der Waals surface area (Å²) in [6.45, 7) is 1.94.